The quantitative estimate of drug-likeness (QED) is 0.934. The second kappa shape index (κ2) is 6.60. The van der Waals surface area contributed by atoms with Crippen LogP contribution in [0.1, 0.15) is 18.4 Å². The molecule has 0 spiro atoms. The molecule has 1 heterocycles. The Morgan fingerprint density at radius 3 is 2.67 bits per heavy atom. The van der Waals surface area contributed by atoms with Gasteiger partial charge in [0.1, 0.15) is 5.75 Å². The van der Waals surface area contributed by atoms with Crippen molar-refractivity contribution in [2.45, 2.75) is 19.3 Å². The van der Waals surface area contributed by atoms with E-state index in [1.165, 1.54) is 18.2 Å². The zero-order chi connectivity index (χ0) is 14.5. The molecule has 2 aromatic rings. The fourth-order valence-electron chi connectivity index (χ4n) is 2.83. The lowest BCUT2D eigenvalue weighted by atomic mass is 9.99. The van der Waals surface area contributed by atoms with Crippen LogP contribution in [0.2, 0.25) is 0 Å². The summed E-state index contributed by atoms with van der Waals surface area (Å²) in [6, 6.07) is 14.5. The lowest BCUT2D eigenvalue weighted by Crippen LogP contribution is -2.30. The van der Waals surface area contributed by atoms with Crippen LogP contribution in [-0.2, 0) is 6.42 Å². The summed E-state index contributed by atoms with van der Waals surface area (Å²) >= 11 is 0. The van der Waals surface area contributed by atoms with Crippen molar-refractivity contribution in [2.24, 2.45) is 5.92 Å². The van der Waals surface area contributed by atoms with Crippen LogP contribution in [0.3, 0.4) is 0 Å². The summed E-state index contributed by atoms with van der Waals surface area (Å²) in [6.07, 6.45) is 2.86. The van der Waals surface area contributed by atoms with E-state index in [2.05, 4.69) is 35.7 Å². The monoisotopic (exact) mass is 280 g/mol. The smallest absolute Gasteiger partial charge is 0.119 e. The minimum atomic E-state index is 0.462. The van der Waals surface area contributed by atoms with Gasteiger partial charge in [0.2, 0.25) is 0 Å². The van der Waals surface area contributed by atoms with Gasteiger partial charge in [0, 0.05) is 0 Å². The molecule has 108 valence electrons. The molecule has 0 atom stereocenters. The van der Waals surface area contributed by atoms with Crippen molar-refractivity contribution in [3.05, 3.63) is 42.0 Å². The molecule has 0 aliphatic carbocycles. The van der Waals surface area contributed by atoms with Gasteiger partial charge in [-0.15, -0.1) is 0 Å². The summed E-state index contributed by atoms with van der Waals surface area (Å²) in [5, 5.41) is 14.5. The molecule has 1 N–H and O–H groups in total. The summed E-state index contributed by atoms with van der Waals surface area (Å²) in [5.74, 6) is 1.61. The predicted octanol–water partition coefficient (Wildman–Crippen LogP) is 3.28. The van der Waals surface area contributed by atoms with Gasteiger partial charge >= 0.3 is 0 Å². The van der Waals surface area contributed by atoms with E-state index >= 15 is 0 Å². The highest BCUT2D eigenvalue weighted by atomic mass is 16.5. The van der Waals surface area contributed by atoms with Gasteiger partial charge in [0.15, 0.2) is 0 Å². The largest absolute Gasteiger partial charge is 0.493 e. The summed E-state index contributed by atoms with van der Waals surface area (Å²) < 4.78 is 5.95. The molecule has 0 aromatic heterocycles. The van der Waals surface area contributed by atoms with Crippen LogP contribution in [-0.4, -0.2) is 19.7 Å². The van der Waals surface area contributed by atoms with Crippen molar-refractivity contribution in [3.8, 4) is 11.8 Å². The van der Waals surface area contributed by atoms with Crippen LogP contribution < -0.4 is 10.1 Å². The van der Waals surface area contributed by atoms with Gasteiger partial charge in [0.05, 0.1) is 19.1 Å². The number of fused-ring (bicyclic) bond motifs is 1. The average molecular weight is 280 g/mol. The van der Waals surface area contributed by atoms with E-state index in [1.807, 2.05) is 12.1 Å². The fourth-order valence-corrected chi connectivity index (χ4v) is 2.83. The van der Waals surface area contributed by atoms with Crippen molar-refractivity contribution in [2.75, 3.05) is 19.7 Å². The van der Waals surface area contributed by atoms with Crippen LogP contribution in [0.4, 0.5) is 0 Å². The predicted molar refractivity (Wildman–Crippen MR) is 84.4 cm³/mol. The summed E-state index contributed by atoms with van der Waals surface area (Å²) in [4.78, 5) is 0. The molecule has 0 bridgehead atoms. The van der Waals surface area contributed by atoms with Crippen LogP contribution >= 0.6 is 0 Å². The highest BCUT2D eigenvalue weighted by Gasteiger charge is 2.13. The molecule has 3 rings (SSSR count). The van der Waals surface area contributed by atoms with Crippen LogP contribution in [0.25, 0.3) is 10.8 Å². The Balaban J connectivity index is 1.69. The first-order chi connectivity index (χ1) is 10.3. The zero-order valence-corrected chi connectivity index (χ0v) is 12.1. The number of nitrogens with zero attached hydrogens (tertiary/aromatic N) is 1. The minimum absolute atomic E-state index is 0.462. The van der Waals surface area contributed by atoms with Crippen molar-refractivity contribution in [3.63, 3.8) is 0 Å². The van der Waals surface area contributed by atoms with Crippen LogP contribution in [0.5, 0.6) is 5.75 Å². The van der Waals surface area contributed by atoms with Gasteiger partial charge < -0.3 is 10.1 Å². The number of nitrogens with one attached hydrogen (secondary N) is 1. The topological polar surface area (TPSA) is 45.0 Å². The van der Waals surface area contributed by atoms with Gasteiger partial charge in [-0.05, 0) is 60.3 Å². The Kier molecular flexibility index (Phi) is 4.37. The molecule has 1 aliphatic rings. The molecule has 3 heteroatoms. The van der Waals surface area contributed by atoms with E-state index in [0.29, 0.717) is 12.3 Å². The number of nitriles is 1. The maximum Gasteiger partial charge on any atom is 0.119 e. The molecule has 1 aliphatic heterocycles. The third-order valence-corrected chi connectivity index (χ3v) is 4.10. The summed E-state index contributed by atoms with van der Waals surface area (Å²) in [6.45, 7) is 3.01. The first-order valence-corrected chi connectivity index (χ1v) is 7.58. The van der Waals surface area contributed by atoms with E-state index in [-0.39, 0.29) is 0 Å². The Morgan fingerprint density at radius 1 is 1.10 bits per heavy atom. The number of hydrogen-bond donors (Lipinski definition) is 1. The van der Waals surface area contributed by atoms with Crippen molar-refractivity contribution in [1.82, 2.24) is 5.32 Å². The molecular weight excluding hydrogens is 260 g/mol. The minimum Gasteiger partial charge on any atom is -0.493 e. The highest BCUT2D eigenvalue weighted by Crippen LogP contribution is 2.23. The van der Waals surface area contributed by atoms with E-state index < -0.39 is 0 Å². The molecule has 3 nitrogen and oxygen atoms in total. The zero-order valence-electron chi connectivity index (χ0n) is 12.1. The van der Waals surface area contributed by atoms with Crippen LogP contribution in [0.15, 0.2) is 36.4 Å². The molecule has 0 unspecified atom stereocenters. The fraction of sp³-hybridized carbons (Fsp3) is 0.389. The van der Waals surface area contributed by atoms with Crippen molar-refractivity contribution >= 4 is 10.8 Å². The molecular formula is C18H20N2O. The van der Waals surface area contributed by atoms with E-state index in [1.54, 1.807) is 0 Å². The lowest BCUT2D eigenvalue weighted by molar-refractivity contribution is 0.215. The average Bonchev–Trinajstić information content (AvgIpc) is 2.54. The third-order valence-electron chi connectivity index (χ3n) is 4.10. The lowest BCUT2D eigenvalue weighted by Gasteiger charge is -2.22. The van der Waals surface area contributed by atoms with E-state index in [0.717, 1.165) is 36.4 Å². The molecule has 0 amide bonds. The summed E-state index contributed by atoms with van der Waals surface area (Å²) in [7, 11) is 0. The van der Waals surface area contributed by atoms with Gasteiger partial charge in [-0.1, -0.05) is 24.3 Å². The number of piperidine rings is 1. The van der Waals surface area contributed by atoms with E-state index in [4.69, 9.17) is 10.00 Å². The molecule has 2 aromatic carbocycles. The van der Waals surface area contributed by atoms with Crippen LogP contribution in [0, 0.1) is 17.2 Å². The second-order valence-corrected chi connectivity index (χ2v) is 5.68. The van der Waals surface area contributed by atoms with Crippen molar-refractivity contribution in [1.29, 1.82) is 5.26 Å². The van der Waals surface area contributed by atoms with Gasteiger partial charge in [-0.2, -0.15) is 5.26 Å². The molecule has 1 saturated heterocycles. The third kappa shape index (κ3) is 3.53. The Labute approximate surface area is 125 Å². The van der Waals surface area contributed by atoms with Crippen molar-refractivity contribution < 1.29 is 4.74 Å². The molecule has 21 heavy (non-hydrogen) atoms. The second-order valence-electron chi connectivity index (χ2n) is 5.68. The Hall–Kier alpha value is -2.05. The summed E-state index contributed by atoms with van der Waals surface area (Å²) in [5.41, 5.74) is 1.06. The Morgan fingerprint density at radius 2 is 1.86 bits per heavy atom. The number of rotatable bonds is 4. The normalized spacial score (nSPS) is 15.8. The van der Waals surface area contributed by atoms with Gasteiger partial charge in [-0.25, -0.2) is 0 Å². The molecule has 0 saturated carbocycles. The number of hydrogen-bond acceptors (Lipinski definition) is 3. The number of benzene rings is 2. The molecule has 0 radical (unpaired) electrons. The van der Waals surface area contributed by atoms with Gasteiger partial charge in [0.25, 0.3) is 0 Å². The maximum absolute atomic E-state index is 8.76. The molecule has 1 fully saturated rings. The van der Waals surface area contributed by atoms with E-state index in [9.17, 15) is 0 Å². The standard InChI is InChI=1S/C18H20N2O/c19-8-5-14-1-2-17-12-18(4-3-16(17)11-14)21-13-15-6-9-20-10-7-15/h1-4,11-12,15,20H,5-7,9-10,13H2. The number of ether oxygens (including phenoxy) is 1. The SMILES string of the molecule is N#CCc1ccc2cc(OCC3CCNCC3)ccc2c1. The highest BCUT2D eigenvalue weighted by molar-refractivity contribution is 5.84. The van der Waals surface area contributed by atoms with Gasteiger partial charge in [-0.3, -0.25) is 0 Å². The maximum atomic E-state index is 8.76. The first kappa shape index (κ1) is 13.9. The first-order valence-electron chi connectivity index (χ1n) is 7.58. The Bertz CT molecular complexity index is 654.